The summed E-state index contributed by atoms with van der Waals surface area (Å²) in [6.45, 7) is 4.55. The van der Waals surface area contributed by atoms with Crippen molar-refractivity contribution in [2.24, 2.45) is 11.8 Å². The molecule has 0 heterocycles. The third-order valence-corrected chi connectivity index (χ3v) is 3.23. The van der Waals surface area contributed by atoms with Crippen LogP contribution in [0.4, 0.5) is 0 Å². The SMILES string of the molecule is CC(C)=CCNC(=O)C1CCC(C(=O)O)CC1. The highest BCUT2D eigenvalue weighted by Crippen LogP contribution is 2.28. The van der Waals surface area contributed by atoms with Gasteiger partial charge in [0.1, 0.15) is 0 Å². The summed E-state index contributed by atoms with van der Waals surface area (Å²) in [4.78, 5) is 22.5. The first-order valence-corrected chi connectivity index (χ1v) is 6.14. The van der Waals surface area contributed by atoms with Gasteiger partial charge in [0.2, 0.25) is 5.91 Å². The van der Waals surface area contributed by atoms with Crippen molar-refractivity contribution in [3.05, 3.63) is 11.6 Å². The maximum Gasteiger partial charge on any atom is 0.306 e. The monoisotopic (exact) mass is 239 g/mol. The number of hydrogen-bond acceptors (Lipinski definition) is 2. The van der Waals surface area contributed by atoms with E-state index >= 15 is 0 Å². The quantitative estimate of drug-likeness (QED) is 0.737. The van der Waals surface area contributed by atoms with E-state index in [1.807, 2.05) is 19.9 Å². The van der Waals surface area contributed by atoms with Crippen LogP contribution in [-0.4, -0.2) is 23.5 Å². The third-order valence-electron chi connectivity index (χ3n) is 3.23. The van der Waals surface area contributed by atoms with Gasteiger partial charge in [-0.1, -0.05) is 11.6 Å². The van der Waals surface area contributed by atoms with E-state index in [1.54, 1.807) is 0 Å². The molecule has 0 spiro atoms. The van der Waals surface area contributed by atoms with Crippen LogP contribution in [0.3, 0.4) is 0 Å². The molecule has 1 amide bonds. The third kappa shape index (κ3) is 4.59. The molecule has 4 heteroatoms. The molecule has 17 heavy (non-hydrogen) atoms. The molecular formula is C13H21NO3. The van der Waals surface area contributed by atoms with Gasteiger partial charge in [0.25, 0.3) is 0 Å². The molecule has 1 saturated carbocycles. The minimum absolute atomic E-state index is 0.00355. The lowest BCUT2D eigenvalue weighted by Gasteiger charge is -2.25. The molecular weight excluding hydrogens is 218 g/mol. The Balaban J connectivity index is 2.31. The molecule has 1 fully saturated rings. The van der Waals surface area contributed by atoms with E-state index in [4.69, 9.17) is 5.11 Å². The topological polar surface area (TPSA) is 66.4 Å². The molecule has 0 aromatic heterocycles. The summed E-state index contributed by atoms with van der Waals surface area (Å²) < 4.78 is 0. The van der Waals surface area contributed by atoms with Crippen molar-refractivity contribution in [3.8, 4) is 0 Å². The Morgan fingerprint density at radius 3 is 2.18 bits per heavy atom. The summed E-state index contributed by atoms with van der Waals surface area (Å²) in [6, 6.07) is 0. The number of allylic oxidation sites excluding steroid dienone is 1. The largest absolute Gasteiger partial charge is 0.481 e. The van der Waals surface area contributed by atoms with Crippen molar-refractivity contribution in [2.45, 2.75) is 39.5 Å². The first-order valence-electron chi connectivity index (χ1n) is 6.14. The highest BCUT2D eigenvalue weighted by Gasteiger charge is 2.29. The highest BCUT2D eigenvalue weighted by atomic mass is 16.4. The zero-order chi connectivity index (χ0) is 12.8. The van der Waals surface area contributed by atoms with Gasteiger partial charge in [0.05, 0.1) is 5.92 Å². The van der Waals surface area contributed by atoms with Gasteiger partial charge in [-0.3, -0.25) is 9.59 Å². The number of carbonyl (C=O) groups is 2. The molecule has 0 radical (unpaired) electrons. The van der Waals surface area contributed by atoms with E-state index < -0.39 is 5.97 Å². The predicted molar refractivity (Wildman–Crippen MR) is 65.5 cm³/mol. The second-order valence-corrected chi connectivity index (χ2v) is 4.91. The summed E-state index contributed by atoms with van der Waals surface area (Å²) in [7, 11) is 0. The van der Waals surface area contributed by atoms with E-state index in [9.17, 15) is 9.59 Å². The summed E-state index contributed by atoms with van der Waals surface area (Å²) >= 11 is 0. The van der Waals surface area contributed by atoms with Crippen molar-refractivity contribution in [1.82, 2.24) is 5.32 Å². The molecule has 0 saturated heterocycles. The molecule has 1 aliphatic carbocycles. The fourth-order valence-electron chi connectivity index (χ4n) is 2.10. The van der Waals surface area contributed by atoms with Gasteiger partial charge >= 0.3 is 5.97 Å². The van der Waals surface area contributed by atoms with Crippen LogP contribution in [0.5, 0.6) is 0 Å². The Hall–Kier alpha value is -1.32. The summed E-state index contributed by atoms with van der Waals surface area (Å²) in [5, 5.41) is 11.7. The number of nitrogens with one attached hydrogen (secondary N) is 1. The second kappa shape index (κ2) is 6.42. The van der Waals surface area contributed by atoms with Crippen LogP contribution in [-0.2, 0) is 9.59 Å². The Kier molecular flexibility index (Phi) is 5.19. The van der Waals surface area contributed by atoms with Crippen molar-refractivity contribution in [1.29, 1.82) is 0 Å². The minimum atomic E-state index is -0.728. The average Bonchev–Trinajstić information content (AvgIpc) is 2.28. The first kappa shape index (κ1) is 13.7. The van der Waals surface area contributed by atoms with Crippen molar-refractivity contribution in [2.75, 3.05) is 6.54 Å². The van der Waals surface area contributed by atoms with Crippen LogP contribution >= 0.6 is 0 Å². The fourth-order valence-corrected chi connectivity index (χ4v) is 2.10. The number of hydrogen-bond donors (Lipinski definition) is 2. The minimum Gasteiger partial charge on any atom is -0.481 e. The summed E-state index contributed by atoms with van der Waals surface area (Å²) in [5.74, 6) is -0.923. The molecule has 4 nitrogen and oxygen atoms in total. The molecule has 1 rings (SSSR count). The lowest BCUT2D eigenvalue weighted by Crippen LogP contribution is -2.34. The van der Waals surface area contributed by atoms with E-state index in [0.717, 1.165) is 0 Å². The Labute approximate surface area is 102 Å². The lowest BCUT2D eigenvalue weighted by atomic mass is 9.81. The molecule has 96 valence electrons. The van der Waals surface area contributed by atoms with E-state index in [1.165, 1.54) is 5.57 Å². The molecule has 0 aromatic carbocycles. The van der Waals surface area contributed by atoms with E-state index in [0.29, 0.717) is 32.2 Å². The highest BCUT2D eigenvalue weighted by molar-refractivity contribution is 5.79. The van der Waals surface area contributed by atoms with E-state index in [2.05, 4.69) is 5.32 Å². The standard InChI is InChI=1S/C13H21NO3/c1-9(2)7-8-14-12(15)10-3-5-11(6-4-10)13(16)17/h7,10-11H,3-6,8H2,1-2H3,(H,14,15)(H,16,17). The molecule has 1 aliphatic rings. The zero-order valence-corrected chi connectivity index (χ0v) is 10.5. The lowest BCUT2D eigenvalue weighted by molar-refractivity contribution is -0.144. The maximum atomic E-state index is 11.8. The summed E-state index contributed by atoms with van der Waals surface area (Å²) in [5.41, 5.74) is 1.18. The fraction of sp³-hybridized carbons (Fsp3) is 0.692. The average molecular weight is 239 g/mol. The number of carboxylic acids is 1. The zero-order valence-electron chi connectivity index (χ0n) is 10.5. The van der Waals surface area contributed by atoms with Crippen molar-refractivity contribution >= 4 is 11.9 Å². The molecule has 0 unspecified atom stereocenters. The molecule has 2 N–H and O–H groups in total. The Morgan fingerprint density at radius 1 is 1.18 bits per heavy atom. The number of carboxylic acid groups (broad SMARTS) is 1. The second-order valence-electron chi connectivity index (χ2n) is 4.91. The van der Waals surface area contributed by atoms with Crippen LogP contribution in [0.2, 0.25) is 0 Å². The van der Waals surface area contributed by atoms with Crippen LogP contribution in [0.25, 0.3) is 0 Å². The number of rotatable bonds is 4. The molecule has 0 aromatic rings. The van der Waals surface area contributed by atoms with Crippen LogP contribution in [0.1, 0.15) is 39.5 Å². The van der Waals surface area contributed by atoms with Gasteiger partial charge in [-0.05, 0) is 39.5 Å². The van der Waals surface area contributed by atoms with Gasteiger partial charge in [0.15, 0.2) is 0 Å². The molecule has 0 atom stereocenters. The Bertz CT molecular complexity index is 311. The normalized spacial score (nSPS) is 23.9. The maximum absolute atomic E-state index is 11.8. The summed E-state index contributed by atoms with van der Waals surface area (Å²) in [6.07, 6.45) is 4.60. The predicted octanol–water partition coefficient (Wildman–Crippen LogP) is 1.96. The molecule has 0 bridgehead atoms. The number of amides is 1. The van der Waals surface area contributed by atoms with Crippen LogP contribution in [0, 0.1) is 11.8 Å². The number of aliphatic carboxylic acids is 1. The van der Waals surface area contributed by atoms with Gasteiger partial charge < -0.3 is 10.4 Å². The van der Waals surface area contributed by atoms with Crippen molar-refractivity contribution in [3.63, 3.8) is 0 Å². The first-order chi connectivity index (χ1) is 8.00. The van der Waals surface area contributed by atoms with Gasteiger partial charge in [0, 0.05) is 12.5 Å². The Morgan fingerprint density at radius 2 is 1.71 bits per heavy atom. The van der Waals surface area contributed by atoms with Gasteiger partial charge in [-0.15, -0.1) is 0 Å². The van der Waals surface area contributed by atoms with Crippen LogP contribution < -0.4 is 5.32 Å². The van der Waals surface area contributed by atoms with Crippen molar-refractivity contribution < 1.29 is 14.7 Å². The van der Waals surface area contributed by atoms with Gasteiger partial charge in [-0.25, -0.2) is 0 Å². The van der Waals surface area contributed by atoms with Gasteiger partial charge in [-0.2, -0.15) is 0 Å². The molecule has 0 aliphatic heterocycles. The van der Waals surface area contributed by atoms with Crippen LogP contribution in [0.15, 0.2) is 11.6 Å². The van der Waals surface area contributed by atoms with E-state index in [-0.39, 0.29) is 17.7 Å². The smallest absolute Gasteiger partial charge is 0.306 e. The number of carbonyl (C=O) groups excluding carboxylic acids is 1.